The van der Waals surface area contributed by atoms with Crippen LogP contribution in [-0.2, 0) is 9.47 Å². The molecule has 0 radical (unpaired) electrons. The molecule has 0 bridgehead atoms. The maximum atomic E-state index is 5.59. The van der Waals surface area contributed by atoms with Crippen LogP contribution in [0.25, 0.3) is 0 Å². The van der Waals surface area contributed by atoms with Crippen molar-refractivity contribution in [2.45, 2.75) is 32.5 Å². The maximum absolute atomic E-state index is 5.59. The van der Waals surface area contributed by atoms with Gasteiger partial charge in [0.2, 0.25) is 0 Å². The molecule has 0 spiro atoms. The van der Waals surface area contributed by atoms with E-state index >= 15 is 0 Å². The zero-order valence-corrected chi connectivity index (χ0v) is 6.96. The number of methoxy groups -OCH3 is 1. The van der Waals surface area contributed by atoms with Crippen LogP contribution in [0, 0.1) is 5.92 Å². The molecule has 1 rings (SSSR count). The Bertz CT molecular complexity index is 93.4. The highest BCUT2D eigenvalue weighted by Gasteiger charge is 2.28. The number of ether oxygens (including phenoxy) is 2. The number of rotatable bonds is 2. The molecule has 2 heteroatoms. The van der Waals surface area contributed by atoms with Crippen LogP contribution in [0.2, 0.25) is 0 Å². The zero-order chi connectivity index (χ0) is 7.56. The van der Waals surface area contributed by atoms with Crippen molar-refractivity contribution in [3.05, 3.63) is 0 Å². The molecular formula is C8H16O2. The summed E-state index contributed by atoms with van der Waals surface area (Å²) in [6, 6.07) is 0. The highest BCUT2D eigenvalue weighted by molar-refractivity contribution is 4.76. The molecule has 0 aromatic carbocycles. The molecule has 60 valence electrons. The number of hydrogen-bond donors (Lipinski definition) is 0. The van der Waals surface area contributed by atoms with Crippen molar-refractivity contribution in [2.75, 3.05) is 13.7 Å². The van der Waals surface area contributed by atoms with E-state index < -0.39 is 0 Å². The fourth-order valence-electron chi connectivity index (χ4n) is 1.39. The van der Waals surface area contributed by atoms with Gasteiger partial charge in [0.15, 0.2) is 0 Å². The first kappa shape index (κ1) is 8.02. The van der Waals surface area contributed by atoms with E-state index in [1.54, 1.807) is 7.11 Å². The summed E-state index contributed by atoms with van der Waals surface area (Å²) in [4.78, 5) is 0. The minimum atomic E-state index is 0.343. The van der Waals surface area contributed by atoms with Gasteiger partial charge in [0.25, 0.3) is 0 Å². The Morgan fingerprint density at radius 2 is 2.20 bits per heavy atom. The lowest BCUT2D eigenvalue weighted by atomic mass is 10.0. The van der Waals surface area contributed by atoms with Crippen LogP contribution < -0.4 is 0 Å². The van der Waals surface area contributed by atoms with Gasteiger partial charge in [-0.1, -0.05) is 6.92 Å². The van der Waals surface area contributed by atoms with Crippen molar-refractivity contribution in [1.29, 1.82) is 0 Å². The molecule has 1 fully saturated rings. The van der Waals surface area contributed by atoms with Gasteiger partial charge in [0, 0.05) is 7.11 Å². The predicted molar refractivity (Wildman–Crippen MR) is 40.0 cm³/mol. The molecule has 2 nitrogen and oxygen atoms in total. The molecular weight excluding hydrogens is 128 g/mol. The van der Waals surface area contributed by atoms with Crippen LogP contribution in [0.15, 0.2) is 0 Å². The van der Waals surface area contributed by atoms with Gasteiger partial charge in [0.1, 0.15) is 0 Å². The lowest BCUT2D eigenvalue weighted by molar-refractivity contribution is 0.00175. The molecule has 0 aromatic heterocycles. The monoisotopic (exact) mass is 144 g/mol. The van der Waals surface area contributed by atoms with Gasteiger partial charge in [-0.25, -0.2) is 0 Å². The van der Waals surface area contributed by atoms with Crippen LogP contribution in [0.3, 0.4) is 0 Å². The Hall–Kier alpha value is -0.0800. The molecule has 0 saturated carbocycles. The second-order valence-electron chi connectivity index (χ2n) is 3.13. The van der Waals surface area contributed by atoms with Crippen molar-refractivity contribution in [3.63, 3.8) is 0 Å². The van der Waals surface area contributed by atoms with Crippen molar-refractivity contribution in [1.82, 2.24) is 0 Å². The molecule has 0 N–H and O–H groups in total. The Morgan fingerprint density at radius 3 is 2.60 bits per heavy atom. The van der Waals surface area contributed by atoms with Gasteiger partial charge in [-0.15, -0.1) is 0 Å². The van der Waals surface area contributed by atoms with Crippen LogP contribution in [0.1, 0.15) is 20.3 Å². The minimum absolute atomic E-state index is 0.343. The first-order valence-corrected chi connectivity index (χ1v) is 3.88. The molecule has 0 amide bonds. The van der Waals surface area contributed by atoms with E-state index in [1.165, 1.54) is 0 Å². The normalized spacial score (nSPS) is 40.5. The first-order chi connectivity index (χ1) is 4.74. The largest absolute Gasteiger partial charge is 0.382 e. The Labute approximate surface area is 62.5 Å². The third-order valence-corrected chi connectivity index (χ3v) is 2.20. The molecule has 0 aromatic rings. The molecule has 0 aliphatic carbocycles. The standard InChI is InChI=1S/C8H16O2/c1-6-4-8(5-9-3)10-7(6)2/h6-8H,4-5H2,1-3H3. The van der Waals surface area contributed by atoms with Crippen molar-refractivity contribution in [2.24, 2.45) is 5.92 Å². The molecule has 1 aliphatic rings. The van der Waals surface area contributed by atoms with E-state index in [9.17, 15) is 0 Å². The molecule has 1 heterocycles. The molecule has 3 unspecified atom stereocenters. The Balaban J connectivity index is 2.27. The summed E-state index contributed by atoms with van der Waals surface area (Å²) in [7, 11) is 1.72. The summed E-state index contributed by atoms with van der Waals surface area (Å²) < 4.78 is 10.6. The highest BCUT2D eigenvalue weighted by Crippen LogP contribution is 2.25. The van der Waals surface area contributed by atoms with E-state index in [2.05, 4.69) is 13.8 Å². The van der Waals surface area contributed by atoms with Gasteiger partial charge in [-0.05, 0) is 19.3 Å². The molecule has 1 aliphatic heterocycles. The fourth-order valence-corrected chi connectivity index (χ4v) is 1.39. The summed E-state index contributed by atoms with van der Waals surface area (Å²) in [5.74, 6) is 0.695. The van der Waals surface area contributed by atoms with Gasteiger partial charge in [-0.2, -0.15) is 0 Å². The predicted octanol–water partition coefficient (Wildman–Crippen LogP) is 1.45. The third kappa shape index (κ3) is 1.70. The topological polar surface area (TPSA) is 18.5 Å². The van der Waals surface area contributed by atoms with Crippen LogP contribution in [0.4, 0.5) is 0 Å². The summed E-state index contributed by atoms with van der Waals surface area (Å²) >= 11 is 0. The lowest BCUT2D eigenvalue weighted by Gasteiger charge is -2.08. The Morgan fingerprint density at radius 1 is 1.50 bits per heavy atom. The van der Waals surface area contributed by atoms with Gasteiger partial charge in [-0.3, -0.25) is 0 Å². The summed E-state index contributed by atoms with van der Waals surface area (Å²) in [6.07, 6.45) is 1.91. The lowest BCUT2D eigenvalue weighted by Crippen LogP contribution is -2.14. The van der Waals surface area contributed by atoms with Crippen molar-refractivity contribution in [3.8, 4) is 0 Å². The quantitative estimate of drug-likeness (QED) is 0.584. The molecule has 3 atom stereocenters. The maximum Gasteiger partial charge on any atom is 0.0815 e. The zero-order valence-electron chi connectivity index (χ0n) is 6.96. The van der Waals surface area contributed by atoms with Gasteiger partial charge < -0.3 is 9.47 Å². The van der Waals surface area contributed by atoms with E-state index in [1.807, 2.05) is 0 Å². The van der Waals surface area contributed by atoms with Gasteiger partial charge in [0.05, 0.1) is 18.8 Å². The second kappa shape index (κ2) is 3.35. The molecule has 10 heavy (non-hydrogen) atoms. The van der Waals surface area contributed by atoms with E-state index in [4.69, 9.17) is 9.47 Å². The Kier molecular flexibility index (Phi) is 2.69. The van der Waals surface area contributed by atoms with E-state index in [0.29, 0.717) is 18.1 Å². The van der Waals surface area contributed by atoms with Crippen LogP contribution in [0.5, 0.6) is 0 Å². The summed E-state index contributed by atoms with van der Waals surface area (Å²) in [6.45, 7) is 5.09. The summed E-state index contributed by atoms with van der Waals surface area (Å²) in [5.41, 5.74) is 0. The summed E-state index contributed by atoms with van der Waals surface area (Å²) in [5, 5.41) is 0. The first-order valence-electron chi connectivity index (χ1n) is 3.88. The smallest absolute Gasteiger partial charge is 0.0815 e. The van der Waals surface area contributed by atoms with Crippen molar-refractivity contribution < 1.29 is 9.47 Å². The molecule has 1 saturated heterocycles. The van der Waals surface area contributed by atoms with Crippen LogP contribution >= 0.6 is 0 Å². The second-order valence-corrected chi connectivity index (χ2v) is 3.13. The van der Waals surface area contributed by atoms with Gasteiger partial charge >= 0.3 is 0 Å². The number of hydrogen-bond acceptors (Lipinski definition) is 2. The van der Waals surface area contributed by atoms with Crippen LogP contribution in [-0.4, -0.2) is 25.9 Å². The average Bonchev–Trinajstić information content (AvgIpc) is 2.14. The van der Waals surface area contributed by atoms with E-state index in [-0.39, 0.29) is 0 Å². The average molecular weight is 144 g/mol. The third-order valence-electron chi connectivity index (χ3n) is 2.20. The fraction of sp³-hybridized carbons (Fsp3) is 1.00. The SMILES string of the molecule is COCC1CC(C)C(C)O1. The minimum Gasteiger partial charge on any atom is -0.382 e. The van der Waals surface area contributed by atoms with Crippen molar-refractivity contribution >= 4 is 0 Å². The highest BCUT2D eigenvalue weighted by atomic mass is 16.5. The van der Waals surface area contributed by atoms with E-state index in [0.717, 1.165) is 13.0 Å².